The van der Waals surface area contributed by atoms with Gasteiger partial charge in [-0.05, 0) is 36.8 Å². The van der Waals surface area contributed by atoms with E-state index in [0.29, 0.717) is 10.7 Å². The van der Waals surface area contributed by atoms with Crippen LogP contribution in [0.1, 0.15) is 29.8 Å². The monoisotopic (exact) mass is 374 g/mol. The van der Waals surface area contributed by atoms with Gasteiger partial charge in [-0.25, -0.2) is 4.79 Å². The zero-order valence-corrected chi connectivity index (χ0v) is 15.2. The van der Waals surface area contributed by atoms with Crippen LogP contribution in [0.4, 0.5) is 5.69 Å². The minimum atomic E-state index is -0.977. The van der Waals surface area contributed by atoms with Crippen molar-refractivity contribution >= 4 is 35.1 Å². The van der Waals surface area contributed by atoms with Crippen LogP contribution in [-0.2, 0) is 20.9 Å². The van der Waals surface area contributed by atoms with Crippen molar-refractivity contribution in [2.75, 3.05) is 5.32 Å². The summed E-state index contributed by atoms with van der Waals surface area (Å²) in [5, 5.41) is 5.81. The number of benzene rings is 2. The van der Waals surface area contributed by atoms with Gasteiger partial charge >= 0.3 is 5.97 Å². The van der Waals surface area contributed by atoms with E-state index in [1.165, 1.54) is 19.9 Å². The fraction of sp³-hybridized carbons (Fsp3) is 0.211. The summed E-state index contributed by atoms with van der Waals surface area (Å²) < 4.78 is 5.18. The molecule has 6 nitrogen and oxygen atoms in total. The Hall–Kier alpha value is -2.86. The van der Waals surface area contributed by atoms with Gasteiger partial charge < -0.3 is 15.4 Å². The number of carbonyl (C=O) groups is 3. The zero-order chi connectivity index (χ0) is 19.1. The van der Waals surface area contributed by atoms with Crippen molar-refractivity contribution in [3.63, 3.8) is 0 Å². The lowest BCUT2D eigenvalue weighted by Gasteiger charge is -2.14. The minimum absolute atomic E-state index is 0.235. The van der Waals surface area contributed by atoms with Crippen molar-refractivity contribution in [3.8, 4) is 0 Å². The quantitative estimate of drug-likeness (QED) is 0.760. The molecule has 0 heterocycles. The molecule has 0 aliphatic rings. The fourth-order valence-corrected chi connectivity index (χ4v) is 2.38. The van der Waals surface area contributed by atoms with Crippen LogP contribution in [0.3, 0.4) is 0 Å². The van der Waals surface area contributed by atoms with Gasteiger partial charge in [-0.3, -0.25) is 9.59 Å². The van der Waals surface area contributed by atoms with E-state index in [4.69, 9.17) is 16.3 Å². The SMILES string of the molecule is CC(=O)Nc1cccc(C(=O)OC(C)C(=O)NCc2ccccc2Cl)c1. The standard InChI is InChI=1S/C19H19ClN2O4/c1-12(18(24)21-11-15-6-3-4-9-17(15)20)26-19(25)14-7-5-8-16(10-14)22-13(2)23/h3-10,12H,11H2,1-2H3,(H,21,24)(H,22,23). The maximum Gasteiger partial charge on any atom is 0.338 e. The van der Waals surface area contributed by atoms with Crippen LogP contribution in [-0.4, -0.2) is 23.9 Å². The molecule has 0 bridgehead atoms. The first-order chi connectivity index (χ1) is 12.4. The van der Waals surface area contributed by atoms with Crippen molar-refractivity contribution in [1.82, 2.24) is 5.32 Å². The smallest absolute Gasteiger partial charge is 0.338 e. The first-order valence-electron chi connectivity index (χ1n) is 7.96. The molecule has 2 rings (SSSR count). The van der Waals surface area contributed by atoms with Gasteiger partial charge in [0.1, 0.15) is 0 Å². The summed E-state index contributed by atoms with van der Waals surface area (Å²) in [6.45, 7) is 3.09. The molecule has 136 valence electrons. The molecule has 7 heteroatoms. The molecule has 0 saturated heterocycles. The van der Waals surface area contributed by atoms with E-state index in [-0.39, 0.29) is 18.0 Å². The van der Waals surface area contributed by atoms with Crippen molar-refractivity contribution in [3.05, 3.63) is 64.7 Å². The van der Waals surface area contributed by atoms with Gasteiger partial charge in [0, 0.05) is 24.2 Å². The molecule has 0 spiro atoms. The van der Waals surface area contributed by atoms with Gasteiger partial charge in [0.25, 0.3) is 5.91 Å². The molecule has 0 aliphatic carbocycles. The summed E-state index contributed by atoms with van der Waals surface area (Å²) in [7, 11) is 0. The van der Waals surface area contributed by atoms with E-state index >= 15 is 0 Å². The molecule has 1 atom stereocenters. The van der Waals surface area contributed by atoms with Crippen LogP contribution in [0, 0.1) is 0 Å². The third-order valence-electron chi connectivity index (χ3n) is 3.48. The summed E-state index contributed by atoms with van der Waals surface area (Å²) in [5.41, 5.74) is 1.48. The second kappa shape index (κ2) is 9.01. The van der Waals surface area contributed by atoms with Gasteiger partial charge in [-0.1, -0.05) is 35.9 Å². The number of hydrogen-bond donors (Lipinski definition) is 2. The Balaban J connectivity index is 1.92. The summed E-state index contributed by atoms with van der Waals surface area (Å²) in [4.78, 5) is 35.4. The molecule has 0 aliphatic heterocycles. The second-order valence-corrected chi connectivity index (χ2v) is 6.03. The van der Waals surface area contributed by atoms with Gasteiger partial charge in [-0.2, -0.15) is 0 Å². The maximum absolute atomic E-state index is 12.2. The lowest BCUT2D eigenvalue weighted by atomic mass is 10.2. The van der Waals surface area contributed by atoms with E-state index in [1.54, 1.807) is 36.4 Å². The van der Waals surface area contributed by atoms with E-state index < -0.39 is 18.0 Å². The summed E-state index contributed by atoms with van der Waals surface area (Å²) in [6.07, 6.45) is -0.977. The highest BCUT2D eigenvalue weighted by molar-refractivity contribution is 6.31. The van der Waals surface area contributed by atoms with E-state index in [1.807, 2.05) is 6.07 Å². The first kappa shape index (κ1) is 19.5. The Labute approximate surface area is 156 Å². The van der Waals surface area contributed by atoms with Gasteiger partial charge in [-0.15, -0.1) is 0 Å². The van der Waals surface area contributed by atoms with Gasteiger partial charge in [0.2, 0.25) is 5.91 Å². The summed E-state index contributed by atoms with van der Waals surface area (Å²) in [6, 6.07) is 13.4. The Morgan fingerprint density at radius 3 is 2.54 bits per heavy atom. The number of nitrogens with one attached hydrogen (secondary N) is 2. The molecule has 0 radical (unpaired) electrons. The molecule has 2 aromatic carbocycles. The normalized spacial score (nSPS) is 11.3. The second-order valence-electron chi connectivity index (χ2n) is 5.62. The van der Waals surface area contributed by atoms with Crippen molar-refractivity contribution in [1.29, 1.82) is 0 Å². The van der Waals surface area contributed by atoms with Crippen LogP contribution < -0.4 is 10.6 Å². The summed E-state index contributed by atoms with van der Waals surface area (Å²) in [5.74, 6) is -1.34. The lowest BCUT2D eigenvalue weighted by Crippen LogP contribution is -2.35. The number of esters is 1. The number of carbonyl (C=O) groups excluding carboxylic acids is 3. The van der Waals surface area contributed by atoms with Crippen molar-refractivity contribution < 1.29 is 19.1 Å². The van der Waals surface area contributed by atoms with Gasteiger partial charge in [0.15, 0.2) is 6.10 Å². The zero-order valence-electron chi connectivity index (χ0n) is 14.4. The number of ether oxygens (including phenoxy) is 1. The number of anilines is 1. The van der Waals surface area contributed by atoms with E-state index in [9.17, 15) is 14.4 Å². The van der Waals surface area contributed by atoms with E-state index in [2.05, 4.69) is 10.6 Å². The highest BCUT2D eigenvalue weighted by Crippen LogP contribution is 2.15. The first-order valence-corrected chi connectivity index (χ1v) is 8.34. The fourth-order valence-electron chi connectivity index (χ4n) is 2.18. The van der Waals surface area contributed by atoms with Crippen molar-refractivity contribution in [2.24, 2.45) is 0 Å². The Morgan fingerprint density at radius 2 is 1.85 bits per heavy atom. The number of hydrogen-bond acceptors (Lipinski definition) is 4. The lowest BCUT2D eigenvalue weighted by molar-refractivity contribution is -0.129. The van der Waals surface area contributed by atoms with Crippen LogP contribution in [0.25, 0.3) is 0 Å². The molecule has 0 saturated carbocycles. The molecule has 26 heavy (non-hydrogen) atoms. The number of rotatable bonds is 6. The topological polar surface area (TPSA) is 84.5 Å². The molecular weight excluding hydrogens is 356 g/mol. The highest BCUT2D eigenvalue weighted by Gasteiger charge is 2.19. The third kappa shape index (κ3) is 5.60. The highest BCUT2D eigenvalue weighted by atomic mass is 35.5. The van der Waals surface area contributed by atoms with Crippen molar-refractivity contribution in [2.45, 2.75) is 26.5 Å². The van der Waals surface area contributed by atoms with E-state index in [0.717, 1.165) is 5.56 Å². The largest absolute Gasteiger partial charge is 0.449 e. The van der Waals surface area contributed by atoms with Crippen LogP contribution >= 0.6 is 11.6 Å². The molecule has 2 aromatic rings. The third-order valence-corrected chi connectivity index (χ3v) is 3.85. The van der Waals surface area contributed by atoms with Crippen LogP contribution in [0.2, 0.25) is 5.02 Å². The average molecular weight is 375 g/mol. The molecular formula is C19H19ClN2O4. The van der Waals surface area contributed by atoms with Crippen LogP contribution in [0.5, 0.6) is 0 Å². The maximum atomic E-state index is 12.2. The molecule has 0 aromatic heterocycles. The minimum Gasteiger partial charge on any atom is -0.449 e. The Bertz CT molecular complexity index is 823. The predicted molar refractivity (Wildman–Crippen MR) is 98.9 cm³/mol. The Kier molecular flexibility index (Phi) is 6.74. The molecule has 0 fully saturated rings. The predicted octanol–water partition coefficient (Wildman–Crippen LogP) is 3.16. The average Bonchev–Trinajstić information content (AvgIpc) is 2.60. The molecule has 2 N–H and O–H groups in total. The van der Waals surface area contributed by atoms with Gasteiger partial charge in [0.05, 0.1) is 5.56 Å². The van der Waals surface area contributed by atoms with Crippen LogP contribution in [0.15, 0.2) is 48.5 Å². The number of halogens is 1. The molecule has 2 amide bonds. The molecule has 1 unspecified atom stereocenters. The summed E-state index contributed by atoms with van der Waals surface area (Å²) >= 11 is 6.04. The Morgan fingerprint density at radius 1 is 1.12 bits per heavy atom. The number of amides is 2.